The number of carbonyl (C=O) groups is 1. The van der Waals surface area contributed by atoms with E-state index in [0.29, 0.717) is 18.4 Å². The molecule has 4 aliphatic carbocycles. The summed E-state index contributed by atoms with van der Waals surface area (Å²) in [7, 11) is 0. The summed E-state index contributed by atoms with van der Waals surface area (Å²) in [6.07, 6.45) is -1.64. The fourth-order valence-corrected chi connectivity index (χ4v) is 7.07. The molecule has 2 saturated carbocycles. The van der Waals surface area contributed by atoms with Crippen molar-refractivity contribution < 1.29 is 30.3 Å². The van der Waals surface area contributed by atoms with Crippen LogP contribution in [0.3, 0.4) is 0 Å². The van der Waals surface area contributed by atoms with Gasteiger partial charge in [-0.3, -0.25) is 4.79 Å². The number of hydrogen-bond donors (Lipinski definition) is 5. The van der Waals surface area contributed by atoms with E-state index < -0.39 is 52.0 Å². The van der Waals surface area contributed by atoms with E-state index in [2.05, 4.69) is 0 Å². The van der Waals surface area contributed by atoms with Gasteiger partial charge >= 0.3 is 0 Å². The molecule has 0 radical (unpaired) electrons. The summed E-state index contributed by atoms with van der Waals surface area (Å²) in [5.41, 5.74) is -3.99. The highest BCUT2D eigenvalue weighted by atomic mass is 16.3. The highest BCUT2D eigenvalue weighted by Crippen LogP contribution is 2.67. The predicted molar refractivity (Wildman–Crippen MR) is 93.0 cm³/mol. The molecule has 0 aliphatic heterocycles. The minimum Gasteiger partial charge on any atom is -0.392 e. The molecule has 146 valence electrons. The molecule has 4 aliphatic rings. The van der Waals surface area contributed by atoms with Gasteiger partial charge in [0.05, 0.1) is 23.4 Å². The van der Waals surface area contributed by atoms with Crippen LogP contribution in [0.15, 0.2) is 11.1 Å². The summed E-state index contributed by atoms with van der Waals surface area (Å²) in [6, 6.07) is 0. The first-order valence-electron chi connectivity index (χ1n) is 9.57. The van der Waals surface area contributed by atoms with Gasteiger partial charge < -0.3 is 25.5 Å². The van der Waals surface area contributed by atoms with Gasteiger partial charge in [-0.15, -0.1) is 0 Å². The van der Waals surface area contributed by atoms with E-state index >= 15 is 0 Å². The quantitative estimate of drug-likeness (QED) is 0.421. The lowest BCUT2D eigenvalue weighted by molar-refractivity contribution is -0.140. The summed E-state index contributed by atoms with van der Waals surface area (Å²) in [5.74, 6) is -1.31. The number of aliphatic hydroxyl groups is 5. The molecule has 0 heterocycles. The first-order chi connectivity index (χ1) is 11.8. The Bertz CT molecular complexity index is 705. The second kappa shape index (κ2) is 4.97. The Morgan fingerprint density at radius 2 is 1.62 bits per heavy atom. The fourth-order valence-electron chi connectivity index (χ4n) is 7.07. The standard InChI is InChI=1S/C20H30O6/c1-17(2)12-10(21)7-20-8-18(3,25)9(15(20)23)5-6-11(20)19(4,26)13(12)14(22)16(17)24/h9-11,15-16,21,23-26H,5-8H2,1-4H3/t9-,10-,11+,15+,16+,18-,19-,20+/m1/s1. The normalized spacial score (nSPS) is 55.6. The lowest BCUT2D eigenvalue weighted by Crippen LogP contribution is -2.54. The van der Waals surface area contributed by atoms with Crippen LogP contribution in [0.1, 0.15) is 53.4 Å². The van der Waals surface area contributed by atoms with E-state index in [-0.39, 0.29) is 24.3 Å². The topological polar surface area (TPSA) is 118 Å². The number of aliphatic hydroxyl groups excluding tert-OH is 3. The maximum atomic E-state index is 12.9. The third kappa shape index (κ3) is 1.92. The van der Waals surface area contributed by atoms with Gasteiger partial charge in [0.25, 0.3) is 0 Å². The second-order valence-corrected chi connectivity index (χ2v) is 10.1. The maximum absolute atomic E-state index is 12.9. The minimum atomic E-state index is -1.58. The molecule has 2 bridgehead atoms. The molecule has 1 spiro atoms. The number of ketones is 1. The van der Waals surface area contributed by atoms with E-state index in [0.717, 1.165) is 0 Å². The molecule has 0 saturated heterocycles. The molecule has 6 nitrogen and oxygen atoms in total. The van der Waals surface area contributed by atoms with Crippen LogP contribution in [0.2, 0.25) is 0 Å². The van der Waals surface area contributed by atoms with Gasteiger partial charge in [-0.05, 0) is 45.1 Å². The van der Waals surface area contributed by atoms with E-state index in [9.17, 15) is 30.3 Å². The van der Waals surface area contributed by atoms with Gasteiger partial charge in [0.2, 0.25) is 0 Å². The van der Waals surface area contributed by atoms with Crippen molar-refractivity contribution >= 4 is 5.78 Å². The van der Waals surface area contributed by atoms with E-state index in [1.165, 1.54) is 0 Å². The van der Waals surface area contributed by atoms with Crippen LogP contribution in [-0.4, -0.2) is 60.8 Å². The van der Waals surface area contributed by atoms with Crippen LogP contribution < -0.4 is 0 Å². The largest absolute Gasteiger partial charge is 0.392 e. The van der Waals surface area contributed by atoms with Crippen molar-refractivity contribution in [3.05, 3.63) is 11.1 Å². The van der Waals surface area contributed by atoms with Crippen LogP contribution in [0.4, 0.5) is 0 Å². The molecular formula is C20H30O6. The van der Waals surface area contributed by atoms with Gasteiger partial charge in [0.1, 0.15) is 6.10 Å². The van der Waals surface area contributed by atoms with Crippen LogP contribution in [0, 0.1) is 22.7 Å². The Morgan fingerprint density at radius 1 is 1.00 bits per heavy atom. The molecular weight excluding hydrogens is 336 g/mol. The van der Waals surface area contributed by atoms with E-state index in [4.69, 9.17) is 0 Å². The molecule has 4 rings (SSSR count). The molecule has 0 unspecified atom stereocenters. The highest BCUT2D eigenvalue weighted by molar-refractivity contribution is 6.05. The van der Waals surface area contributed by atoms with Gasteiger partial charge in [-0.1, -0.05) is 13.8 Å². The zero-order chi connectivity index (χ0) is 19.4. The molecule has 6 heteroatoms. The van der Waals surface area contributed by atoms with Gasteiger partial charge in [0.15, 0.2) is 5.78 Å². The molecule has 0 amide bonds. The monoisotopic (exact) mass is 366 g/mol. The molecule has 2 fully saturated rings. The average molecular weight is 366 g/mol. The third-order valence-electron chi connectivity index (χ3n) is 8.15. The van der Waals surface area contributed by atoms with Crippen molar-refractivity contribution in [2.45, 2.75) is 82.9 Å². The SMILES string of the molecule is CC1(C)C2=C(C(=O)[C@@H]1O)[C@](C)(O)[C@@H]1CC[C@@H]3[C@H](O)[C@@]1(C[C@H]2O)C[C@@]3(C)O. The first kappa shape index (κ1) is 18.6. The highest BCUT2D eigenvalue weighted by Gasteiger charge is 2.70. The van der Waals surface area contributed by atoms with Gasteiger partial charge in [-0.2, -0.15) is 0 Å². The molecule has 0 aromatic heterocycles. The summed E-state index contributed by atoms with van der Waals surface area (Å²) < 4.78 is 0. The van der Waals surface area contributed by atoms with Crippen molar-refractivity contribution in [1.29, 1.82) is 0 Å². The van der Waals surface area contributed by atoms with Crippen molar-refractivity contribution in [2.24, 2.45) is 22.7 Å². The first-order valence-corrected chi connectivity index (χ1v) is 9.57. The predicted octanol–water partition coefficient (Wildman–Crippen LogP) is 0.297. The summed E-state index contributed by atoms with van der Waals surface area (Å²) >= 11 is 0. The Balaban J connectivity index is 1.92. The average Bonchev–Trinajstić information content (AvgIpc) is 2.70. The Hall–Kier alpha value is -0.790. The van der Waals surface area contributed by atoms with Crippen LogP contribution in [-0.2, 0) is 4.79 Å². The van der Waals surface area contributed by atoms with Gasteiger partial charge in [-0.25, -0.2) is 0 Å². The zero-order valence-electron chi connectivity index (χ0n) is 15.9. The Kier molecular flexibility index (Phi) is 3.55. The number of hydrogen-bond acceptors (Lipinski definition) is 6. The molecule has 26 heavy (non-hydrogen) atoms. The minimum absolute atomic E-state index is 0.113. The second-order valence-electron chi connectivity index (χ2n) is 10.1. The zero-order valence-corrected chi connectivity index (χ0v) is 15.9. The smallest absolute Gasteiger partial charge is 0.191 e. The fraction of sp³-hybridized carbons (Fsp3) is 0.850. The van der Waals surface area contributed by atoms with Crippen molar-refractivity contribution in [3.63, 3.8) is 0 Å². The van der Waals surface area contributed by atoms with Crippen molar-refractivity contribution in [3.8, 4) is 0 Å². The number of carbonyl (C=O) groups excluding carboxylic acids is 1. The van der Waals surface area contributed by atoms with E-state index in [1.807, 2.05) is 0 Å². The Morgan fingerprint density at radius 3 is 2.23 bits per heavy atom. The van der Waals surface area contributed by atoms with Crippen LogP contribution >= 0.6 is 0 Å². The van der Waals surface area contributed by atoms with Crippen LogP contribution in [0.25, 0.3) is 0 Å². The van der Waals surface area contributed by atoms with Crippen molar-refractivity contribution in [1.82, 2.24) is 0 Å². The molecule has 5 N–H and O–H groups in total. The summed E-state index contributed by atoms with van der Waals surface area (Å²) in [6.45, 7) is 6.69. The lowest BCUT2D eigenvalue weighted by Gasteiger charge is -2.50. The summed E-state index contributed by atoms with van der Waals surface area (Å²) in [4.78, 5) is 12.9. The summed E-state index contributed by atoms with van der Waals surface area (Å²) in [5, 5.41) is 55.1. The van der Waals surface area contributed by atoms with E-state index in [1.54, 1.807) is 27.7 Å². The van der Waals surface area contributed by atoms with Gasteiger partial charge in [0, 0.05) is 28.2 Å². The Labute approximate surface area is 153 Å². The lowest BCUT2D eigenvalue weighted by atomic mass is 9.58. The number of Topliss-reactive ketones (excluding diaryl/α,β-unsaturated/α-hetero) is 1. The molecule has 8 atom stereocenters. The van der Waals surface area contributed by atoms with Crippen LogP contribution in [0.5, 0.6) is 0 Å². The third-order valence-corrected chi connectivity index (χ3v) is 8.15. The van der Waals surface area contributed by atoms with Crippen molar-refractivity contribution in [2.75, 3.05) is 0 Å². The number of fused-ring (bicyclic) bond motifs is 1. The molecule has 0 aromatic rings. The maximum Gasteiger partial charge on any atom is 0.191 e. The molecule has 0 aromatic carbocycles. The number of rotatable bonds is 0.